The second-order valence-corrected chi connectivity index (χ2v) is 17.3. The molecule has 13 rings (SSSR count). The zero-order chi connectivity index (χ0) is 40.8. The molecule has 0 atom stereocenters. The van der Waals surface area contributed by atoms with Crippen molar-refractivity contribution in [1.29, 1.82) is 0 Å². The molecule has 0 saturated heterocycles. The Labute approximate surface area is 363 Å². The van der Waals surface area contributed by atoms with Gasteiger partial charge in [-0.25, -0.2) is 15.0 Å². The van der Waals surface area contributed by atoms with Gasteiger partial charge in [0.1, 0.15) is 0 Å². The number of hydrogen-bond donors (Lipinski definition) is 0. The van der Waals surface area contributed by atoms with E-state index in [-0.39, 0.29) is 0 Å². The van der Waals surface area contributed by atoms with E-state index >= 15 is 0 Å². The number of nitrogens with zero attached hydrogens (tertiary/aromatic N) is 3. The molecule has 0 amide bonds. The van der Waals surface area contributed by atoms with Crippen molar-refractivity contribution in [3.63, 3.8) is 0 Å². The summed E-state index contributed by atoms with van der Waals surface area (Å²) in [5, 5.41) is 2.59. The van der Waals surface area contributed by atoms with Crippen LogP contribution < -0.4 is 0 Å². The van der Waals surface area contributed by atoms with Gasteiger partial charge in [-0.15, -0.1) is 11.3 Å². The summed E-state index contributed by atoms with van der Waals surface area (Å²) in [6.45, 7) is 0. The van der Waals surface area contributed by atoms with Crippen LogP contribution in [0.4, 0.5) is 0 Å². The minimum atomic E-state index is -0.408. The van der Waals surface area contributed by atoms with Crippen molar-refractivity contribution in [3.05, 3.63) is 235 Å². The first kappa shape index (κ1) is 35.0. The molecule has 0 fully saturated rings. The first-order chi connectivity index (χ1) is 30.7. The van der Waals surface area contributed by atoms with E-state index in [0.29, 0.717) is 17.5 Å². The van der Waals surface area contributed by atoms with Crippen LogP contribution in [0.2, 0.25) is 0 Å². The smallest absolute Gasteiger partial charge is 0.164 e. The average Bonchev–Trinajstić information content (AvgIpc) is 3.98. The summed E-state index contributed by atoms with van der Waals surface area (Å²) in [6, 6.07) is 76.7. The number of fused-ring (bicyclic) bond motifs is 13. The van der Waals surface area contributed by atoms with Gasteiger partial charge in [0, 0.05) is 36.9 Å². The lowest BCUT2D eigenvalue weighted by molar-refractivity contribution is 0.794. The average molecular weight is 806 g/mol. The Morgan fingerprint density at radius 3 is 1.37 bits per heavy atom. The molecule has 3 nitrogen and oxygen atoms in total. The molecular weight excluding hydrogens is 771 g/mol. The van der Waals surface area contributed by atoms with Crippen molar-refractivity contribution < 1.29 is 0 Å². The van der Waals surface area contributed by atoms with E-state index in [4.69, 9.17) is 15.0 Å². The van der Waals surface area contributed by atoms with E-state index in [2.05, 4.69) is 206 Å². The maximum absolute atomic E-state index is 5.27. The predicted octanol–water partition coefficient (Wildman–Crippen LogP) is 14.9. The number of thiophene rings is 1. The molecule has 0 unspecified atom stereocenters. The summed E-state index contributed by atoms with van der Waals surface area (Å²) >= 11 is 1.85. The molecule has 0 bridgehead atoms. The van der Waals surface area contributed by atoms with Crippen LogP contribution in [0.3, 0.4) is 0 Å². The van der Waals surface area contributed by atoms with E-state index in [1.807, 2.05) is 17.4 Å². The fourth-order valence-electron chi connectivity index (χ4n) is 10.3. The Bertz CT molecular complexity index is 3520. The van der Waals surface area contributed by atoms with E-state index in [0.717, 1.165) is 27.8 Å². The number of rotatable bonds is 5. The van der Waals surface area contributed by atoms with E-state index in [1.54, 1.807) is 0 Å². The van der Waals surface area contributed by atoms with Crippen LogP contribution in [-0.2, 0) is 5.41 Å². The fourth-order valence-corrected chi connectivity index (χ4v) is 11.4. The topological polar surface area (TPSA) is 38.7 Å². The van der Waals surface area contributed by atoms with Crippen LogP contribution in [0.1, 0.15) is 22.3 Å². The largest absolute Gasteiger partial charge is 0.208 e. The quantitative estimate of drug-likeness (QED) is 0.174. The maximum Gasteiger partial charge on any atom is 0.164 e. The van der Waals surface area contributed by atoms with Gasteiger partial charge in [-0.1, -0.05) is 194 Å². The first-order valence-electron chi connectivity index (χ1n) is 21.1. The molecule has 288 valence electrons. The van der Waals surface area contributed by atoms with Crippen LogP contribution in [-0.4, -0.2) is 15.0 Å². The normalized spacial score (nSPS) is 13.0. The lowest BCUT2D eigenvalue weighted by Gasteiger charge is -2.30. The molecule has 0 radical (unpaired) electrons. The molecule has 2 aliphatic carbocycles. The number of hydrogen-bond acceptors (Lipinski definition) is 4. The van der Waals surface area contributed by atoms with Gasteiger partial charge in [0.15, 0.2) is 17.5 Å². The molecule has 0 saturated carbocycles. The Morgan fingerprint density at radius 1 is 0.290 bits per heavy atom. The standard InChI is InChI=1S/C58H35N3S/c1-2-13-36(14-3-1)37-25-29-39(30-26-37)55-59-56(40-31-27-38(28-32-40)42-19-12-24-53-54(42)46-18-7-11-23-52(46)62-53)61-57(60-55)41-33-34-51-47(35-41)45-17-6-10-22-50(45)58(51)48-20-8-4-15-43(48)44-16-5-9-21-49(44)58/h1-35H. The Morgan fingerprint density at radius 2 is 0.726 bits per heavy atom. The van der Waals surface area contributed by atoms with Crippen LogP contribution >= 0.6 is 11.3 Å². The van der Waals surface area contributed by atoms with Crippen LogP contribution in [0.25, 0.3) is 98.8 Å². The lowest BCUT2D eigenvalue weighted by atomic mass is 9.70. The monoisotopic (exact) mass is 805 g/mol. The van der Waals surface area contributed by atoms with Crippen molar-refractivity contribution in [2.75, 3.05) is 0 Å². The van der Waals surface area contributed by atoms with Crippen molar-refractivity contribution in [1.82, 2.24) is 15.0 Å². The molecule has 11 aromatic rings. The van der Waals surface area contributed by atoms with Gasteiger partial charge in [-0.2, -0.15) is 0 Å². The van der Waals surface area contributed by atoms with Gasteiger partial charge >= 0.3 is 0 Å². The molecule has 2 heterocycles. The van der Waals surface area contributed by atoms with Crippen molar-refractivity contribution in [2.45, 2.75) is 5.41 Å². The number of benzene rings is 9. The summed E-state index contributed by atoms with van der Waals surface area (Å²) in [6.07, 6.45) is 0. The van der Waals surface area contributed by atoms with Crippen molar-refractivity contribution in [3.8, 4) is 78.7 Å². The van der Waals surface area contributed by atoms with Crippen molar-refractivity contribution in [2.24, 2.45) is 0 Å². The Balaban J connectivity index is 0.967. The highest BCUT2D eigenvalue weighted by atomic mass is 32.1. The molecule has 1 spiro atoms. The lowest BCUT2D eigenvalue weighted by Crippen LogP contribution is -2.25. The molecular formula is C58H35N3S. The highest BCUT2D eigenvalue weighted by molar-refractivity contribution is 7.25. The highest BCUT2D eigenvalue weighted by Crippen LogP contribution is 2.63. The van der Waals surface area contributed by atoms with Crippen LogP contribution in [0.15, 0.2) is 212 Å². The van der Waals surface area contributed by atoms with Gasteiger partial charge in [-0.05, 0) is 85.0 Å². The molecule has 2 aromatic heterocycles. The van der Waals surface area contributed by atoms with Crippen LogP contribution in [0, 0.1) is 0 Å². The van der Waals surface area contributed by atoms with Crippen molar-refractivity contribution >= 4 is 31.5 Å². The molecule has 0 aliphatic heterocycles. The third kappa shape index (κ3) is 5.14. The minimum absolute atomic E-state index is 0.408. The van der Waals surface area contributed by atoms with Gasteiger partial charge < -0.3 is 0 Å². The van der Waals surface area contributed by atoms with E-state index < -0.39 is 5.41 Å². The van der Waals surface area contributed by atoms with Crippen LogP contribution in [0.5, 0.6) is 0 Å². The SMILES string of the molecule is c1ccc(-c2ccc(-c3nc(-c4ccc(-c5cccc6sc7ccccc7c56)cc4)nc(-c4ccc5c(c4)-c4ccccc4C54c5ccccc5-c5ccccc54)n3)cc2)cc1. The summed E-state index contributed by atoms with van der Waals surface area (Å²) < 4.78 is 2.60. The Hall–Kier alpha value is -7.79. The van der Waals surface area contributed by atoms with Gasteiger partial charge in [-0.3, -0.25) is 0 Å². The molecule has 62 heavy (non-hydrogen) atoms. The number of aromatic nitrogens is 3. The molecule has 0 N–H and O–H groups in total. The van der Waals surface area contributed by atoms with E-state index in [1.165, 1.54) is 75.8 Å². The fraction of sp³-hybridized carbons (Fsp3) is 0.0172. The third-order valence-corrected chi connectivity index (χ3v) is 14.1. The molecule has 2 aliphatic rings. The second-order valence-electron chi connectivity index (χ2n) is 16.3. The first-order valence-corrected chi connectivity index (χ1v) is 21.9. The minimum Gasteiger partial charge on any atom is -0.208 e. The molecule has 4 heteroatoms. The Kier molecular flexibility index (Phi) is 7.69. The van der Waals surface area contributed by atoms with E-state index in [9.17, 15) is 0 Å². The summed E-state index contributed by atoms with van der Waals surface area (Å²) in [4.78, 5) is 15.7. The predicted molar refractivity (Wildman–Crippen MR) is 256 cm³/mol. The summed E-state index contributed by atoms with van der Waals surface area (Å²) in [7, 11) is 0. The third-order valence-electron chi connectivity index (χ3n) is 13.0. The van der Waals surface area contributed by atoms with Gasteiger partial charge in [0.25, 0.3) is 0 Å². The van der Waals surface area contributed by atoms with Gasteiger partial charge in [0.05, 0.1) is 5.41 Å². The summed E-state index contributed by atoms with van der Waals surface area (Å²) in [5.41, 5.74) is 17.4. The van der Waals surface area contributed by atoms with Gasteiger partial charge in [0.2, 0.25) is 0 Å². The molecule has 9 aromatic carbocycles. The summed E-state index contributed by atoms with van der Waals surface area (Å²) in [5.74, 6) is 1.92. The highest BCUT2D eigenvalue weighted by Gasteiger charge is 2.51. The zero-order valence-electron chi connectivity index (χ0n) is 33.5. The maximum atomic E-state index is 5.27. The zero-order valence-corrected chi connectivity index (χ0v) is 34.3. The second kappa shape index (κ2) is 13.6.